The second kappa shape index (κ2) is 8.02. The van der Waals surface area contributed by atoms with Crippen molar-refractivity contribution >= 4 is 12.0 Å². The summed E-state index contributed by atoms with van der Waals surface area (Å²) in [4.78, 5) is 18.0. The lowest BCUT2D eigenvalue weighted by atomic mass is 10.0. The molecular formula is C15H25N3O3. The molecule has 0 aromatic carbocycles. The van der Waals surface area contributed by atoms with Crippen LogP contribution < -0.4 is 10.2 Å². The van der Waals surface area contributed by atoms with E-state index >= 15 is 0 Å². The van der Waals surface area contributed by atoms with Gasteiger partial charge in [0.25, 0.3) is 6.01 Å². The summed E-state index contributed by atoms with van der Waals surface area (Å²) in [6, 6.07) is 0.968. The van der Waals surface area contributed by atoms with Crippen LogP contribution in [0.1, 0.15) is 50.0 Å². The molecule has 2 rings (SSSR count). The molecule has 0 radical (unpaired) electrons. The quantitative estimate of drug-likeness (QED) is 0.778. The molecule has 0 amide bonds. The van der Waals surface area contributed by atoms with Gasteiger partial charge in [-0.3, -0.25) is 0 Å². The van der Waals surface area contributed by atoms with Gasteiger partial charge in [0.1, 0.15) is 6.26 Å². The Labute approximate surface area is 125 Å². The molecule has 0 aliphatic carbocycles. The van der Waals surface area contributed by atoms with Gasteiger partial charge in [0, 0.05) is 19.1 Å². The van der Waals surface area contributed by atoms with Crippen molar-refractivity contribution in [2.24, 2.45) is 0 Å². The summed E-state index contributed by atoms with van der Waals surface area (Å²) in [5.41, 5.74) is 0.240. The number of hydrogen-bond donors (Lipinski definition) is 1. The molecule has 0 spiro atoms. The first-order valence-electron chi connectivity index (χ1n) is 7.85. The molecule has 1 aliphatic heterocycles. The zero-order valence-corrected chi connectivity index (χ0v) is 12.9. The fourth-order valence-corrected chi connectivity index (χ4v) is 2.59. The van der Waals surface area contributed by atoms with E-state index in [1.165, 1.54) is 25.5 Å². The third-order valence-corrected chi connectivity index (χ3v) is 3.59. The van der Waals surface area contributed by atoms with E-state index in [1.807, 2.05) is 0 Å². The highest BCUT2D eigenvalue weighted by atomic mass is 16.5. The van der Waals surface area contributed by atoms with Crippen LogP contribution in [-0.4, -0.2) is 43.2 Å². The van der Waals surface area contributed by atoms with Crippen molar-refractivity contribution in [3.63, 3.8) is 0 Å². The van der Waals surface area contributed by atoms with Crippen molar-refractivity contribution in [3.8, 4) is 0 Å². The Kier molecular flexibility index (Phi) is 6.04. The number of rotatable bonds is 7. The molecular weight excluding hydrogens is 270 g/mol. The van der Waals surface area contributed by atoms with E-state index in [9.17, 15) is 4.79 Å². The number of carbonyl (C=O) groups excluding carboxylic acids is 1. The average Bonchev–Trinajstić information content (AvgIpc) is 2.98. The maximum Gasteiger partial charge on any atom is 0.360 e. The normalized spacial score (nSPS) is 18.5. The van der Waals surface area contributed by atoms with Crippen LogP contribution in [0.4, 0.5) is 6.01 Å². The number of anilines is 1. The van der Waals surface area contributed by atoms with Gasteiger partial charge in [-0.05, 0) is 32.7 Å². The number of nitrogens with one attached hydrogen (secondary N) is 1. The van der Waals surface area contributed by atoms with Crippen molar-refractivity contribution in [1.82, 2.24) is 10.3 Å². The standard InChI is InChI=1S/C15H25N3O3/c1-3-9-18(10-12-7-5-6-8-16-12)15-17-13(11-21-15)14(19)20-4-2/h11-12,16H,3-10H2,1-2H3. The SMILES string of the molecule is CCCN(CC1CCCCN1)c1nc(C(=O)OCC)co1. The van der Waals surface area contributed by atoms with Gasteiger partial charge in [-0.15, -0.1) is 0 Å². The first-order chi connectivity index (χ1) is 10.2. The second-order valence-electron chi connectivity index (χ2n) is 5.33. The fourth-order valence-electron chi connectivity index (χ4n) is 2.59. The second-order valence-corrected chi connectivity index (χ2v) is 5.33. The van der Waals surface area contributed by atoms with Crippen LogP contribution in [0.15, 0.2) is 10.7 Å². The molecule has 1 aliphatic rings. The van der Waals surface area contributed by atoms with Crippen molar-refractivity contribution in [2.75, 3.05) is 31.1 Å². The van der Waals surface area contributed by atoms with Gasteiger partial charge in [-0.1, -0.05) is 13.3 Å². The summed E-state index contributed by atoms with van der Waals surface area (Å²) in [5, 5.41) is 3.52. The smallest absolute Gasteiger partial charge is 0.360 e. The minimum atomic E-state index is -0.431. The third kappa shape index (κ3) is 4.46. The molecule has 118 valence electrons. The van der Waals surface area contributed by atoms with E-state index in [0.717, 1.165) is 26.1 Å². The molecule has 1 fully saturated rings. The number of nitrogens with zero attached hydrogens (tertiary/aromatic N) is 2. The number of piperidine rings is 1. The van der Waals surface area contributed by atoms with Gasteiger partial charge < -0.3 is 19.4 Å². The minimum absolute atomic E-state index is 0.240. The van der Waals surface area contributed by atoms with Gasteiger partial charge in [0.05, 0.1) is 6.61 Å². The summed E-state index contributed by atoms with van der Waals surface area (Å²) >= 11 is 0. The van der Waals surface area contributed by atoms with Crippen LogP contribution in [-0.2, 0) is 4.74 Å². The van der Waals surface area contributed by atoms with Crippen LogP contribution in [0.25, 0.3) is 0 Å². The van der Waals surface area contributed by atoms with Crippen LogP contribution in [0, 0.1) is 0 Å². The number of ether oxygens (including phenoxy) is 1. The minimum Gasteiger partial charge on any atom is -0.461 e. The Morgan fingerprint density at radius 1 is 1.52 bits per heavy atom. The molecule has 6 heteroatoms. The molecule has 21 heavy (non-hydrogen) atoms. The van der Waals surface area contributed by atoms with E-state index in [0.29, 0.717) is 18.7 Å². The number of aromatic nitrogens is 1. The Balaban J connectivity index is 2.01. The predicted octanol–water partition coefficient (Wildman–Crippen LogP) is 2.21. The lowest BCUT2D eigenvalue weighted by Crippen LogP contribution is -2.44. The third-order valence-electron chi connectivity index (χ3n) is 3.59. The summed E-state index contributed by atoms with van der Waals surface area (Å²) in [7, 11) is 0. The Hall–Kier alpha value is -1.56. The number of carbonyl (C=O) groups is 1. The van der Waals surface area contributed by atoms with Crippen molar-refractivity contribution in [2.45, 2.75) is 45.6 Å². The van der Waals surface area contributed by atoms with Crippen molar-refractivity contribution in [3.05, 3.63) is 12.0 Å². The molecule has 1 aromatic heterocycles. The van der Waals surface area contributed by atoms with Crippen molar-refractivity contribution in [1.29, 1.82) is 0 Å². The van der Waals surface area contributed by atoms with E-state index in [4.69, 9.17) is 9.15 Å². The number of hydrogen-bond acceptors (Lipinski definition) is 6. The molecule has 2 heterocycles. The Morgan fingerprint density at radius 2 is 2.38 bits per heavy atom. The highest BCUT2D eigenvalue weighted by Gasteiger charge is 2.21. The number of esters is 1. The van der Waals surface area contributed by atoms with E-state index in [-0.39, 0.29) is 5.69 Å². The topological polar surface area (TPSA) is 67.6 Å². The molecule has 0 bridgehead atoms. The summed E-state index contributed by atoms with van der Waals surface area (Å²) < 4.78 is 10.4. The zero-order chi connectivity index (χ0) is 15.1. The van der Waals surface area contributed by atoms with E-state index in [1.54, 1.807) is 6.92 Å². The van der Waals surface area contributed by atoms with Gasteiger partial charge in [0.2, 0.25) is 0 Å². The first kappa shape index (κ1) is 15.8. The number of oxazole rings is 1. The molecule has 0 saturated carbocycles. The first-order valence-corrected chi connectivity index (χ1v) is 7.85. The van der Waals surface area contributed by atoms with Crippen LogP contribution in [0.5, 0.6) is 0 Å². The van der Waals surface area contributed by atoms with E-state index in [2.05, 4.69) is 22.1 Å². The maximum atomic E-state index is 11.7. The van der Waals surface area contributed by atoms with E-state index < -0.39 is 5.97 Å². The molecule has 1 atom stereocenters. The Bertz CT molecular complexity index is 441. The average molecular weight is 295 g/mol. The van der Waals surface area contributed by atoms with Crippen LogP contribution >= 0.6 is 0 Å². The molecule has 1 aromatic rings. The monoisotopic (exact) mass is 295 g/mol. The molecule has 1 unspecified atom stereocenters. The summed E-state index contributed by atoms with van der Waals surface area (Å²) in [5.74, 6) is -0.431. The maximum absolute atomic E-state index is 11.7. The van der Waals surface area contributed by atoms with Crippen LogP contribution in [0.2, 0.25) is 0 Å². The molecule has 1 saturated heterocycles. The Morgan fingerprint density at radius 3 is 3.05 bits per heavy atom. The summed E-state index contributed by atoms with van der Waals surface area (Å²) in [6.07, 6.45) is 6.06. The van der Waals surface area contributed by atoms with Crippen LogP contribution in [0.3, 0.4) is 0 Å². The highest BCUT2D eigenvalue weighted by molar-refractivity contribution is 5.87. The van der Waals surface area contributed by atoms with Gasteiger partial charge in [-0.2, -0.15) is 4.98 Å². The highest BCUT2D eigenvalue weighted by Crippen LogP contribution is 2.17. The van der Waals surface area contributed by atoms with Crippen molar-refractivity contribution < 1.29 is 13.9 Å². The summed E-state index contributed by atoms with van der Waals surface area (Å²) in [6.45, 7) is 7.03. The zero-order valence-electron chi connectivity index (χ0n) is 12.9. The lowest BCUT2D eigenvalue weighted by Gasteiger charge is -2.29. The van der Waals surface area contributed by atoms with Gasteiger partial charge >= 0.3 is 5.97 Å². The molecule has 6 nitrogen and oxygen atoms in total. The fraction of sp³-hybridized carbons (Fsp3) is 0.733. The van der Waals surface area contributed by atoms with Gasteiger partial charge in [-0.25, -0.2) is 4.79 Å². The lowest BCUT2D eigenvalue weighted by molar-refractivity contribution is 0.0519. The van der Waals surface area contributed by atoms with Gasteiger partial charge in [0.15, 0.2) is 5.69 Å². The molecule has 1 N–H and O–H groups in total. The predicted molar refractivity (Wildman–Crippen MR) is 80.6 cm³/mol. The largest absolute Gasteiger partial charge is 0.461 e.